The van der Waals surface area contributed by atoms with Crippen molar-refractivity contribution in [1.29, 1.82) is 0 Å². The molecule has 0 saturated carbocycles. The topological polar surface area (TPSA) is 29.1 Å². The number of carbonyl (C=O) groups excluding carboxylic acids is 1. The highest BCUT2D eigenvalue weighted by Gasteiger charge is 2.16. The maximum atomic E-state index is 12.5. The molecule has 2 aromatic carbocycles. The van der Waals surface area contributed by atoms with Crippen molar-refractivity contribution in [2.24, 2.45) is 0 Å². The van der Waals surface area contributed by atoms with Gasteiger partial charge in [-0.05, 0) is 48.9 Å². The van der Waals surface area contributed by atoms with Crippen LogP contribution >= 0.6 is 0 Å². The summed E-state index contributed by atoms with van der Waals surface area (Å²) in [6.07, 6.45) is 0. The summed E-state index contributed by atoms with van der Waals surface area (Å²) in [6, 6.07) is 14.5. The Morgan fingerprint density at radius 1 is 1.00 bits per heavy atom. The standard InChI is InChI=1S/C21H27NO/c1-14-7-8-15(2)19(13-14)20(23)22-16(3)17-9-11-18(12-10-17)21(4,5)6/h7-13,16H,1-6H3,(H,22,23)/t16-/m1/s1. The van der Waals surface area contributed by atoms with E-state index in [-0.39, 0.29) is 17.4 Å². The molecule has 0 saturated heterocycles. The number of amides is 1. The van der Waals surface area contributed by atoms with Gasteiger partial charge in [0.05, 0.1) is 6.04 Å². The van der Waals surface area contributed by atoms with Gasteiger partial charge in [0.1, 0.15) is 0 Å². The lowest BCUT2D eigenvalue weighted by atomic mass is 9.86. The van der Waals surface area contributed by atoms with Crippen molar-refractivity contribution in [3.8, 4) is 0 Å². The third kappa shape index (κ3) is 4.22. The summed E-state index contributed by atoms with van der Waals surface area (Å²) in [4.78, 5) is 12.5. The first-order chi connectivity index (χ1) is 10.7. The number of benzene rings is 2. The molecule has 0 bridgehead atoms. The molecule has 0 aliphatic carbocycles. The molecular weight excluding hydrogens is 282 g/mol. The van der Waals surface area contributed by atoms with Crippen LogP contribution in [0.3, 0.4) is 0 Å². The van der Waals surface area contributed by atoms with E-state index < -0.39 is 0 Å². The second kappa shape index (κ2) is 6.57. The molecule has 0 aliphatic heterocycles. The lowest BCUT2D eigenvalue weighted by Gasteiger charge is -2.21. The van der Waals surface area contributed by atoms with Gasteiger partial charge in [0.25, 0.3) is 5.91 Å². The zero-order valence-corrected chi connectivity index (χ0v) is 15.0. The summed E-state index contributed by atoms with van der Waals surface area (Å²) < 4.78 is 0. The van der Waals surface area contributed by atoms with E-state index in [0.717, 1.165) is 22.3 Å². The van der Waals surface area contributed by atoms with Crippen molar-refractivity contribution in [1.82, 2.24) is 5.32 Å². The van der Waals surface area contributed by atoms with Crippen LogP contribution in [-0.4, -0.2) is 5.91 Å². The lowest BCUT2D eigenvalue weighted by Crippen LogP contribution is -2.27. The van der Waals surface area contributed by atoms with E-state index in [2.05, 4.69) is 50.4 Å². The first-order valence-corrected chi connectivity index (χ1v) is 8.17. The highest BCUT2D eigenvalue weighted by molar-refractivity contribution is 5.96. The van der Waals surface area contributed by atoms with Gasteiger partial charge < -0.3 is 5.32 Å². The summed E-state index contributed by atoms with van der Waals surface area (Å²) in [5.41, 5.74) is 5.42. The van der Waals surface area contributed by atoms with Gasteiger partial charge in [-0.25, -0.2) is 0 Å². The van der Waals surface area contributed by atoms with Crippen molar-refractivity contribution in [3.63, 3.8) is 0 Å². The second-order valence-corrected chi connectivity index (χ2v) is 7.39. The highest BCUT2D eigenvalue weighted by Crippen LogP contribution is 2.24. The number of carbonyl (C=O) groups is 1. The summed E-state index contributed by atoms with van der Waals surface area (Å²) in [7, 11) is 0. The fraction of sp³-hybridized carbons (Fsp3) is 0.381. The SMILES string of the molecule is Cc1ccc(C)c(C(=O)N[C@H](C)c2ccc(C(C)(C)C)cc2)c1. The molecule has 0 heterocycles. The van der Waals surface area contributed by atoms with Crippen molar-refractivity contribution in [2.75, 3.05) is 0 Å². The van der Waals surface area contributed by atoms with Crippen LogP contribution in [0.1, 0.15) is 66.3 Å². The minimum atomic E-state index is -0.0172. The Balaban J connectivity index is 2.14. The minimum Gasteiger partial charge on any atom is -0.346 e. The van der Waals surface area contributed by atoms with Crippen LogP contribution in [0.2, 0.25) is 0 Å². The molecular formula is C21H27NO. The third-order valence-corrected chi connectivity index (χ3v) is 4.26. The predicted molar refractivity (Wildman–Crippen MR) is 96.9 cm³/mol. The van der Waals surface area contributed by atoms with Crippen LogP contribution in [-0.2, 0) is 5.41 Å². The van der Waals surface area contributed by atoms with Crippen LogP contribution in [0.5, 0.6) is 0 Å². The van der Waals surface area contributed by atoms with E-state index in [1.165, 1.54) is 5.56 Å². The first-order valence-electron chi connectivity index (χ1n) is 8.17. The largest absolute Gasteiger partial charge is 0.346 e. The smallest absolute Gasteiger partial charge is 0.252 e. The quantitative estimate of drug-likeness (QED) is 0.840. The molecule has 0 radical (unpaired) electrons. The number of aryl methyl sites for hydroxylation is 2. The van der Waals surface area contributed by atoms with E-state index in [1.807, 2.05) is 39.0 Å². The average molecular weight is 309 g/mol. The Bertz CT molecular complexity index is 693. The van der Waals surface area contributed by atoms with Gasteiger partial charge in [-0.15, -0.1) is 0 Å². The molecule has 122 valence electrons. The summed E-state index contributed by atoms with van der Waals surface area (Å²) in [5, 5.41) is 3.10. The molecule has 1 N–H and O–H groups in total. The maximum Gasteiger partial charge on any atom is 0.252 e. The monoisotopic (exact) mass is 309 g/mol. The summed E-state index contributed by atoms with van der Waals surface area (Å²) in [5.74, 6) is -0.0152. The van der Waals surface area contributed by atoms with E-state index in [0.29, 0.717) is 0 Å². The van der Waals surface area contributed by atoms with Crippen molar-refractivity contribution < 1.29 is 4.79 Å². The summed E-state index contributed by atoms with van der Waals surface area (Å²) >= 11 is 0. The van der Waals surface area contributed by atoms with Gasteiger partial charge in [-0.1, -0.05) is 62.7 Å². The van der Waals surface area contributed by atoms with Crippen LogP contribution in [0, 0.1) is 13.8 Å². The Hall–Kier alpha value is -2.09. The average Bonchev–Trinajstić information content (AvgIpc) is 2.48. The lowest BCUT2D eigenvalue weighted by molar-refractivity contribution is 0.0939. The normalized spacial score (nSPS) is 12.8. The number of hydrogen-bond acceptors (Lipinski definition) is 1. The van der Waals surface area contributed by atoms with Crippen LogP contribution in [0.4, 0.5) is 0 Å². The highest BCUT2D eigenvalue weighted by atomic mass is 16.1. The molecule has 0 fully saturated rings. The fourth-order valence-corrected chi connectivity index (χ4v) is 2.61. The number of rotatable bonds is 3. The molecule has 0 aliphatic rings. The molecule has 1 amide bonds. The van der Waals surface area contributed by atoms with Crippen molar-refractivity contribution in [3.05, 3.63) is 70.3 Å². The molecule has 0 unspecified atom stereocenters. The zero-order valence-electron chi connectivity index (χ0n) is 15.0. The van der Waals surface area contributed by atoms with Crippen LogP contribution in [0.25, 0.3) is 0 Å². The van der Waals surface area contributed by atoms with Gasteiger partial charge in [0.15, 0.2) is 0 Å². The maximum absolute atomic E-state index is 12.5. The molecule has 0 aromatic heterocycles. The molecule has 2 rings (SSSR count). The van der Waals surface area contributed by atoms with Crippen molar-refractivity contribution >= 4 is 5.91 Å². The first kappa shape index (κ1) is 17.3. The predicted octanol–water partition coefficient (Wildman–Crippen LogP) is 5.09. The van der Waals surface area contributed by atoms with Gasteiger partial charge in [-0.2, -0.15) is 0 Å². The van der Waals surface area contributed by atoms with E-state index in [4.69, 9.17) is 0 Å². The molecule has 2 heteroatoms. The Labute approximate surface area is 139 Å². The second-order valence-electron chi connectivity index (χ2n) is 7.39. The van der Waals surface area contributed by atoms with E-state index in [9.17, 15) is 4.79 Å². The Kier molecular flexibility index (Phi) is 4.93. The number of hydrogen-bond donors (Lipinski definition) is 1. The minimum absolute atomic E-state index is 0.0152. The summed E-state index contributed by atoms with van der Waals surface area (Å²) in [6.45, 7) is 12.6. The van der Waals surface area contributed by atoms with Gasteiger partial charge in [0, 0.05) is 5.56 Å². The zero-order chi connectivity index (χ0) is 17.2. The van der Waals surface area contributed by atoms with Crippen molar-refractivity contribution in [2.45, 2.75) is 53.0 Å². The Morgan fingerprint density at radius 3 is 2.17 bits per heavy atom. The van der Waals surface area contributed by atoms with Gasteiger partial charge in [-0.3, -0.25) is 4.79 Å². The van der Waals surface area contributed by atoms with E-state index >= 15 is 0 Å². The molecule has 2 nitrogen and oxygen atoms in total. The molecule has 2 aromatic rings. The molecule has 1 atom stereocenters. The number of nitrogens with one attached hydrogen (secondary N) is 1. The molecule has 23 heavy (non-hydrogen) atoms. The van der Waals surface area contributed by atoms with Crippen LogP contribution < -0.4 is 5.32 Å². The fourth-order valence-electron chi connectivity index (χ4n) is 2.61. The van der Waals surface area contributed by atoms with Gasteiger partial charge in [0.2, 0.25) is 0 Å². The Morgan fingerprint density at radius 2 is 1.61 bits per heavy atom. The van der Waals surface area contributed by atoms with E-state index in [1.54, 1.807) is 0 Å². The van der Waals surface area contributed by atoms with Crippen LogP contribution in [0.15, 0.2) is 42.5 Å². The third-order valence-electron chi connectivity index (χ3n) is 4.26. The van der Waals surface area contributed by atoms with Gasteiger partial charge >= 0.3 is 0 Å². The molecule has 0 spiro atoms.